The lowest BCUT2D eigenvalue weighted by atomic mass is 9.45. The van der Waals surface area contributed by atoms with E-state index in [1.165, 1.54) is 43.2 Å². The third kappa shape index (κ3) is 2.84. The molecule has 4 fully saturated rings. The molecule has 0 saturated heterocycles. The smallest absolute Gasteiger partial charge is 0.217 e. The molecule has 4 aliphatic carbocycles. The summed E-state index contributed by atoms with van der Waals surface area (Å²) in [6.07, 6.45) is 6.26. The normalized spacial score (nSPS) is 33.9. The molecule has 1 heterocycles. The van der Waals surface area contributed by atoms with E-state index in [2.05, 4.69) is 95.9 Å². The van der Waals surface area contributed by atoms with E-state index in [-0.39, 0.29) is 5.72 Å². The van der Waals surface area contributed by atoms with Crippen molar-refractivity contribution in [1.82, 2.24) is 4.90 Å². The Bertz CT molecular complexity index is 1160. The second kappa shape index (κ2) is 7.21. The summed E-state index contributed by atoms with van der Waals surface area (Å²) >= 11 is 0. The summed E-state index contributed by atoms with van der Waals surface area (Å²) in [6, 6.07) is 32.8. The number of oxime groups is 1. The molecule has 3 heteroatoms. The Morgan fingerprint density at radius 3 is 2.03 bits per heavy atom. The number of nitrogens with zero attached hydrogens (tertiary/aromatic N) is 2. The van der Waals surface area contributed by atoms with Crippen molar-refractivity contribution in [2.24, 2.45) is 22.9 Å². The summed E-state index contributed by atoms with van der Waals surface area (Å²) in [5, 5.41) is 4.82. The Morgan fingerprint density at radius 2 is 1.36 bits per heavy atom. The van der Waals surface area contributed by atoms with Gasteiger partial charge in [0.05, 0.1) is 0 Å². The van der Waals surface area contributed by atoms with Crippen molar-refractivity contribution in [2.45, 2.75) is 49.8 Å². The van der Waals surface area contributed by atoms with Gasteiger partial charge in [0, 0.05) is 23.9 Å². The lowest BCUT2D eigenvalue weighted by Crippen LogP contribution is -2.68. The largest absolute Gasteiger partial charge is 0.364 e. The van der Waals surface area contributed by atoms with Crippen LogP contribution in [0.3, 0.4) is 0 Å². The van der Waals surface area contributed by atoms with Crippen LogP contribution >= 0.6 is 0 Å². The Balaban J connectivity index is 1.31. The predicted octanol–water partition coefficient (Wildman–Crippen LogP) is 6.35. The molecule has 0 N–H and O–H groups in total. The molecule has 3 unspecified atom stereocenters. The molecule has 1 spiro atoms. The molecule has 33 heavy (non-hydrogen) atoms. The zero-order valence-electron chi connectivity index (χ0n) is 18.9. The predicted molar refractivity (Wildman–Crippen MR) is 130 cm³/mol. The van der Waals surface area contributed by atoms with E-state index >= 15 is 0 Å². The van der Waals surface area contributed by atoms with Crippen LogP contribution in [0.4, 0.5) is 0 Å². The van der Waals surface area contributed by atoms with Crippen molar-refractivity contribution >= 4 is 5.84 Å². The fourth-order valence-electron chi connectivity index (χ4n) is 7.82. The molecule has 1 aliphatic heterocycles. The lowest BCUT2D eigenvalue weighted by Gasteiger charge is -2.64. The van der Waals surface area contributed by atoms with Gasteiger partial charge in [-0.3, -0.25) is 0 Å². The van der Waals surface area contributed by atoms with Crippen LogP contribution in [0, 0.1) is 17.8 Å². The molecule has 166 valence electrons. The average Bonchev–Trinajstić information content (AvgIpc) is 3.23. The maximum absolute atomic E-state index is 6.66. The summed E-state index contributed by atoms with van der Waals surface area (Å²) < 4.78 is 0. The van der Waals surface area contributed by atoms with Gasteiger partial charge >= 0.3 is 0 Å². The third-order valence-corrected chi connectivity index (χ3v) is 8.92. The van der Waals surface area contributed by atoms with Gasteiger partial charge in [-0.15, -0.1) is 0 Å². The highest BCUT2D eigenvalue weighted by Crippen LogP contribution is 2.66. The summed E-state index contributed by atoms with van der Waals surface area (Å²) in [4.78, 5) is 9.21. The molecule has 3 aromatic carbocycles. The van der Waals surface area contributed by atoms with E-state index < -0.39 is 0 Å². The molecule has 0 aromatic heterocycles. The van der Waals surface area contributed by atoms with Gasteiger partial charge in [-0.05, 0) is 54.6 Å². The molecular weight excluding hydrogens is 404 g/mol. The van der Waals surface area contributed by atoms with E-state index in [9.17, 15) is 0 Å². The van der Waals surface area contributed by atoms with Gasteiger partial charge in [0.1, 0.15) is 0 Å². The van der Waals surface area contributed by atoms with Gasteiger partial charge in [-0.2, -0.15) is 0 Å². The monoisotopic (exact) mass is 434 g/mol. The highest BCUT2D eigenvalue weighted by atomic mass is 16.7. The van der Waals surface area contributed by atoms with Crippen molar-refractivity contribution < 1.29 is 4.84 Å². The van der Waals surface area contributed by atoms with Crippen LogP contribution in [0.5, 0.6) is 0 Å². The first-order chi connectivity index (χ1) is 16.3. The highest BCUT2D eigenvalue weighted by Gasteiger charge is 2.68. The van der Waals surface area contributed by atoms with E-state index in [1.54, 1.807) is 0 Å². The van der Waals surface area contributed by atoms with Gasteiger partial charge in [0.15, 0.2) is 5.84 Å². The zero-order valence-corrected chi connectivity index (χ0v) is 18.9. The fourth-order valence-corrected chi connectivity index (χ4v) is 7.82. The van der Waals surface area contributed by atoms with Crippen LogP contribution in [0.15, 0.2) is 96.2 Å². The van der Waals surface area contributed by atoms with E-state index in [0.29, 0.717) is 17.3 Å². The van der Waals surface area contributed by atoms with Crippen molar-refractivity contribution in [3.63, 3.8) is 0 Å². The molecule has 3 nitrogen and oxygen atoms in total. The summed E-state index contributed by atoms with van der Waals surface area (Å²) in [5.74, 6) is 2.80. The third-order valence-electron chi connectivity index (χ3n) is 8.92. The van der Waals surface area contributed by atoms with Crippen LogP contribution in [-0.4, -0.2) is 16.5 Å². The van der Waals surface area contributed by atoms with Gasteiger partial charge in [0.25, 0.3) is 0 Å². The zero-order chi connectivity index (χ0) is 21.9. The number of hydrogen-bond donors (Lipinski definition) is 0. The summed E-state index contributed by atoms with van der Waals surface area (Å²) in [6.45, 7) is 0.838. The van der Waals surface area contributed by atoms with Crippen LogP contribution in [0.25, 0.3) is 0 Å². The van der Waals surface area contributed by atoms with Gasteiger partial charge in [-0.1, -0.05) is 96.2 Å². The topological polar surface area (TPSA) is 24.8 Å². The van der Waals surface area contributed by atoms with Crippen LogP contribution in [0.2, 0.25) is 0 Å². The molecule has 4 bridgehead atoms. The van der Waals surface area contributed by atoms with E-state index in [4.69, 9.17) is 9.99 Å². The second-order valence-electron chi connectivity index (χ2n) is 10.7. The van der Waals surface area contributed by atoms with Crippen molar-refractivity contribution in [3.05, 3.63) is 108 Å². The SMILES string of the molecule is c1ccc(CN2C(c3ccccc3)=NOC23[C@@H]2CC4C[C@H]3CC(c3ccccc3)(C4)C2)cc1. The Kier molecular flexibility index (Phi) is 4.24. The van der Waals surface area contributed by atoms with E-state index in [0.717, 1.165) is 23.9 Å². The maximum atomic E-state index is 6.66. The molecule has 0 amide bonds. The highest BCUT2D eigenvalue weighted by molar-refractivity contribution is 5.99. The second-order valence-corrected chi connectivity index (χ2v) is 10.7. The number of rotatable bonds is 4. The van der Waals surface area contributed by atoms with Crippen LogP contribution < -0.4 is 0 Å². The van der Waals surface area contributed by atoms with Crippen molar-refractivity contribution in [1.29, 1.82) is 0 Å². The minimum Gasteiger partial charge on any atom is -0.364 e. The first-order valence-corrected chi connectivity index (χ1v) is 12.5. The standard InChI is InChI=1S/C30H30N2O/c1-4-10-22(11-5-1)21-32-28(24-12-6-2-7-13-24)31-33-30(32)26-16-23-17-27(30)20-29(18-23,19-26)25-14-8-3-9-15-25/h1-15,23,26-27H,16-21H2/t23?,26-,27+,29?,30?. The number of amidine groups is 1. The van der Waals surface area contributed by atoms with Crippen LogP contribution in [0.1, 0.15) is 48.8 Å². The summed E-state index contributed by atoms with van der Waals surface area (Å²) in [7, 11) is 0. The fraction of sp³-hybridized carbons (Fsp3) is 0.367. The van der Waals surface area contributed by atoms with Crippen molar-refractivity contribution in [2.75, 3.05) is 0 Å². The number of benzene rings is 3. The molecule has 0 radical (unpaired) electrons. The minimum atomic E-state index is -0.323. The first-order valence-electron chi connectivity index (χ1n) is 12.5. The molecule has 8 rings (SSSR count). The van der Waals surface area contributed by atoms with Gasteiger partial charge < -0.3 is 9.74 Å². The Morgan fingerprint density at radius 1 is 0.758 bits per heavy atom. The van der Waals surface area contributed by atoms with E-state index in [1.807, 2.05) is 0 Å². The quantitative estimate of drug-likeness (QED) is 0.478. The first kappa shape index (κ1) is 19.4. The van der Waals surface area contributed by atoms with Gasteiger partial charge in [0.2, 0.25) is 5.72 Å². The minimum absolute atomic E-state index is 0.306. The molecule has 5 atom stereocenters. The molecular formula is C30H30N2O. The molecule has 4 saturated carbocycles. The lowest BCUT2D eigenvalue weighted by molar-refractivity contribution is -0.252. The number of hydrogen-bond acceptors (Lipinski definition) is 3. The average molecular weight is 435 g/mol. The van der Waals surface area contributed by atoms with Gasteiger partial charge in [-0.25, -0.2) is 0 Å². The molecule has 5 aliphatic rings. The molecule has 3 aromatic rings. The Labute approximate surface area is 196 Å². The Hall–Kier alpha value is -3.07. The summed E-state index contributed by atoms with van der Waals surface area (Å²) in [5.41, 5.74) is 3.99. The van der Waals surface area contributed by atoms with Crippen molar-refractivity contribution in [3.8, 4) is 0 Å². The maximum Gasteiger partial charge on any atom is 0.217 e. The van der Waals surface area contributed by atoms with Crippen LogP contribution in [-0.2, 0) is 16.8 Å².